The van der Waals surface area contributed by atoms with Crippen LogP contribution < -0.4 is 0 Å². The zero-order chi connectivity index (χ0) is 88.4. The van der Waals surface area contributed by atoms with Crippen LogP contribution in [0.3, 0.4) is 0 Å². The number of benzene rings is 10. The van der Waals surface area contributed by atoms with Crippen molar-refractivity contribution in [1.29, 1.82) is 0 Å². The molecule has 0 fully saturated rings. The molecule has 15 aromatic rings. The van der Waals surface area contributed by atoms with Gasteiger partial charge in [0.05, 0.1) is 5.33 Å². The van der Waals surface area contributed by atoms with Gasteiger partial charge in [0.15, 0.2) is 0 Å². The van der Waals surface area contributed by atoms with E-state index >= 15 is 0 Å². The third-order valence-electron chi connectivity index (χ3n) is 17.0. The van der Waals surface area contributed by atoms with Crippen LogP contribution in [-0.2, 0) is 18.9 Å². The van der Waals surface area contributed by atoms with Crippen LogP contribution in [0, 0.1) is 6.92 Å². The Bertz CT molecular complexity index is 6030. The SMILES string of the molecule is BrC(Br)(Br)c1nnc(C=Cc2ccc(C=Cc3ccccc3)cc2)o1.BrCc1nnc(C=Cc2ccc(C=Cc3ccccc3)cc2)o1.CC(=Cc1ccc(C=Cc2ccccc2)cc1)c1nnc(C(Cl)(Cl)Cl)o1.Cc1ccc(C=Cc2ccc(C=Cc3nnc(C(Cl)(Cl)Cl)o3)cc2)cc1.ClC(Cl)(Cl)c1nnc(C=Cc2ccc(C=Cc3ccccc3)cc2)o1. The Kier molecular flexibility index (Phi) is 36.6. The van der Waals surface area contributed by atoms with Gasteiger partial charge in [-0.05, 0) is 175 Å². The number of allylic oxidation sites excluding steroid dienone is 1. The quantitative estimate of drug-likeness (QED) is 0.0486. The van der Waals surface area contributed by atoms with Gasteiger partial charge >= 0.3 is 0 Å². The molecule has 0 atom stereocenters. The maximum atomic E-state index is 5.74. The van der Waals surface area contributed by atoms with Crippen molar-refractivity contribution in [2.45, 2.75) is 32.7 Å². The number of hydrogen-bond donors (Lipinski definition) is 0. The Morgan fingerprint density at radius 3 is 0.712 bits per heavy atom. The van der Waals surface area contributed by atoms with E-state index in [-0.39, 0.29) is 29.5 Å². The molecule has 630 valence electrons. The molecular formula is C97H71Br4Cl9N10O5. The molecule has 0 saturated heterocycles. The van der Waals surface area contributed by atoms with Crippen molar-refractivity contribution in [1.82, 2.24) is 51.0 Å². The molecule has 0 saturated carbocycles. The van der Waals surface area contributed by atoms with Crippen LogP contribution in [0.4, 0.5) is 0 Å². The third kappa shape index (κ3) is 33.6. The molecule has 15 nitrogen and oxygen atoms in total. The number of nitrogens with zero attached hydrogens (tertiary/aromatic N) is 10. The summed E-state index contributed by atoms with van der Waals surface area (Å²) in [7, 11) is 0. The minimum atomic E-state index is -1.72. The van der Waals surface area contributed by atoms with Crippen molar-refractivity contribution < 1.29 is 22.1 Å². The van der Waals surface area contributed by atoms with Crippen molar-refractivity contribution in [3.05, 3.63) is 415 Å². The van der Waals surface area contributed by atoms with E-state index in [0.717, 1.165) is 72.3 Å². The third-order valence-corrected chi connectivity index (χ3v) is 20.0. The van der Waals surface area contributed by atoms with Gasteiger partial charge in [-0.3, -0.25) is 0 Å². The highest BCUT2D eigenvalue weighted by molar-refractivity contribution is 9.38. The van der Waals surface area contributed by atoms with Crippen LogP contribution >= 0.6 is 168 Å². The fourth-order valence-electron chi connectivity index (χ4n) is 10.6. The van der Waals surface area contributed by atoms with E-state index in [2.05, 4.69) is 292 Å². The van der Waals surface area contributed by atoms with Gasteiger partial charge in [-0.25, -0.2) is 0 Å². The van der Waals surface area contributed by atoms with Gasteiger partial charge in [-0.1, -0.05) is 454 Å². The summed E-state index contributed by atoms with van der Waals surface area (Å²) in [5, 5.41) is 39.0. The summed E-state index contributed by atoms with van der Waals surface area (Å²) in [6.07, 6.45) is 37.3. The fourth-order valence-corrected chi connectivity index (χ4v) is 12.0. The Labute approximate surface area is 801 Å². The monoisotopic (exact) mass is 2090 g/mol. The normalized spacial score (nSPS) is 12.2. The second-order valence-corrected chi connectivity index (χ2v) is 40.8. The average molecular weight is 2100 g/mol. The highest BCUT2D eigenvalue weighted by atomic mass is 80.0. The van der Waals surface area contributed by atoms with Gasteiger partial charge < -0.3 is 22.1 Å². The number of halogens is 13. The van der Waals surface area contributed by atoms with Crippen LogP contribution in [0.2, 0.25) is 0 Å². The molecule has 5 heterocycles. The van der Waals surface area contributed by atoms with Gasteiger partial charge in [-0.2, -0.15) is 0 Å². The lowest BCUT2D eigenvalue weighted by Crippen LogP contribution is -1.99. The summed E-state index contributed by atoms with van der Waals surface area (Å²) in [6, 6.07) is 89.9. The summed E-state index contributed by atoms with van der Waals surface area (Å²) in [5.41, 5.74) is 18.7. The van der Waals surface area contributed by atoms with Crippen molar-refractivity contribution >= 4 is 289 Å². The summed E-state index contributed by atoms with van der Waals surface area (Å²) < 4.78 is 21.0. The van der Waals surface area contributed by atoms with Crippen molar-refractivity contribution in [3.63, 3.8) is 0 Å². The van der Waals surface area contributed by atoms with Crippen LogP contribution in [0.5, 0.6) is 0 Å². The molecule has 15 rings (SSSR count). The molecule has 10 aromatic carbocycles. The molecule has 5 aromatic heterocycles. The Morgan fingerprint density at radius 2 is 0.472 bits per heavy atom. The fraction of sp³-hybridized carbons (Fsp3) is 0.0722. The minimum absolute atomic E-state index is 0.0494. The molecule has 28 heteroatoms. The van der Waals surface area contributed by atoms with E-state index in [4.69, 9.17) is 126 Å². The van der Waals surface area contributed by atoms with E-state index in [1.54, 1.807) is 18.2 Å². The van der Waals surface area contributed by atoms with Crippen molar-refractivity contribution in [2.24, 2.45) is 0 Å². The lowest BCUT2D eigenvalue weighted by Gasteiger charge is -2.03. The predicted molar refractivity (Wildman–Crippen MR) is 533 cm³/mol. The smallest absolute Gasteiger partial charge is 0.268 e. The number of aryl methyl sites for hydroxylation is 1. The van der Waals surface area contributed by atoms with E-state index in [1.807, 2.05) is 201 Å². The van der Waals surface area contributed by atoms with E-state index in [0.29, 0.717) is 34.8 Å². The van der Waals surface area contributed by atoms with Gasteiger partial charge in [0.2, 0.25) is 37.5 Å². The molecule has 0 aliphatic rings. The maximum Gasteiger partial charge on any atom is 0.268 e. The van der Waals surface area contributed by atoms with Gasteiger partial charge in [0, 0.05) is 29.9 Å². The average Bonchev–Trinajstić information content (AvgIpc) is 1.70. The summed E-state index contributed by atoms with van der Waals surface area (Å²) >= 11 is 64.6. The predicted octanol–water partition coefficient (Wildman–Crippen LogP) is 31.4. The highest BCUT2D eigenvalue weighted by Gasteiger charge is 2.32. The number of alkyl halides is 13. The Hall–Kier alpha value is -10.2. The van der Waals surface area contributed by atoms with Crippen LogP contribution in [0.15, 0.2) is 289 Å². The first kappa shape index (κ1) is 95.5. The molecular weight excluding hydrogens is 2020 g/mol. The number of rotatable bonds is 21. The summed E-state index contributed by atoms with van der Waals surface area (Å²) in [5.74, 6) is 2.62. The summed E-state index contributed by atoms with van der Waals surface area (Å²) in [6.45, 7) is 3.94. The van der Waals surface area contributed by atoms with Crippen molar-refractivity contribution in [2.75, 3.05) is 0 Å². The minimum Gasteiger partial charge on any atom is -0.420 e. The first-order chi connectivity index (χ1) is 60.2. The lowest BCUT2D eigenvalue weighted by molar-refractivity contribution is 0.490. The largest absolute Gasteiger partial charge is 0.420 e. The van der Waals surface area contributed by atoms with E-state index < -0.39 is 13.5 Å². The first-order valence-corrected chi connectivity index (χ1v) is 44.7. The molecule has 125 heavy (non-hydrogen) atoms. The van der Waals surface area contributed by atoms with Gasteiger partial charge in [-0.15, -0.1) is 51.0 Å². The Balaban J connectivity index is 0.000000152. The molecule has 0 unspecified atom stereocenters. The second-order valence-electron chi connectivity index (χ2n) is 26.6. The number of hydrogen-bond acceptors (Lipinski definition) is 15. The highest BCUT2D eigenvalue weighted by Crippen LogP contribution is 2.44. The molecule has 0 aliphatic heterocycles. The zero-order valence-corrected chi connectivity index (χ0v) is 79.2. The first-order valence-electron chi connectivity index (χ1n) is 37.8. The zero-order valence-electron chi connectivity index (χ0n) is 66.0. The summed E-state index contributed by atoms with van der Waals surface area (Å²) in [4.78, 5) is 0. The van der Waals surface area contributed by atoms with E-state index in [9.17, 15) is 0 Å². The topological polar surface area (TPSA) is 195 Å². The molecule has 0 spiro atoms. The van der Waals surface area contributed by atoms with Crippen LogP contribution in [-0.4, -0.2) is 51.0 Å². The van der Waals surface area contributed by atoms with Crippen LogP contribution in [0.25, 0.3) is 121 Å². The second kappa shape index (κ2) is 48.0. The molecule has 0 N–H and O–H groups in total. The molecule has 0 radical (unpaired) electrons. The molecule has 0 amide bonds. The molecule has 0 bridgehead atoms. The lowest BCUT2D eigenvalue weighted by atomic mass is 10.1. The van der Waals surface area contributed by atoms with Crippen molar-refractivity contribution in [3.8, 4) is 0 Å². The Morgan fingerprint density at radius 1 is 0.256 bits per heavy atom. The molecule has 0 aliphatic carbocycles. The van der Waals surface area contributed by atoms with Gasteiger partial charge in [0.25, 0.3) is 34.9 Å². The van der Waals surface area contributed by atoms with Gasteiger partial charge in [0.1, 0.15) is 0 Å². The number of aromatic nitrogens is 10. The maximum absolute atomic E-state index is 5.74. The van der Waals surface area contributed by atoms with E-state index in [1.165, 1.54) is 22.3 Å². The van der Waals surface area contributed by atoms with Crippen LogP contribution in [0.1, 0.15) is 155 Å². The standard InChI is InChI=1S/2C20H15Cl3N2O.C19H13Br3N2O.C19H15BrN2O.C19H13Cl3N2O/c1-14-2-4-15(5-3-14)6-7-16-8-10-17(11-9-16)12-13-18-24-25-19(26-18)20(21,22)23;1-14(18-24-25-19(26-18)20(21,22)23)13-17-11-9-16(10-12-17)8-7-15-5-3-2-4-6-15;20-19(21,22)18-24-23-17(25-18)13-12-16-10-8-15(9-11-16)7-6-14-4-2-1-3-5-14;20-14-19-22-21-18(23-19)13-12-17-10-8-16(9-11-17)7-6-15-4-2-1-3-5-15;20-19(21,22)18-24-23-17(25-18)13-12-16-10-8-15(9-11-16)7-6-14-4-2-1-3-5-14/h2*2-13H,1H3;1-13H;1-13H,14H2;1-13H.